The molecule has 0 unspecified atom stereocenters. The highest BCUT2D eigenvalue weighted by Gasteiger charge is 2.18. The molecule has 0 heterocycles. The summed E-state index contributed by atoms with van der Waals surface area (Å²) < 4.78 is 5.28. The van der Waals surface area contributed by atoms with Gasteiger partial charge in [-0.25, -0.2) is 0 Å². The van der Waals surface area contributed by atoms with Crippen LogP contribution < -0.4 is 4.74 Å². The largest absolute Gasteiger partial charge is 0.504 e. The van der Waals surface area contributed by atoms with Crippen LogP contribution in [-0.2, 0) is 0 Å². The average Bonchev–Trinajstić information content (AvgIpc) is 2.49. The molecule has 0 spiro atoms. The molecule has 0 aliphatic rings. The molecule has 0 saturated carbocycles. The highest BCUT2D eigenvalue weighted by atomic mass is 16.6. The summed E-state index contributed by atoms with van der Waals surface area (Å²) in [4.78, 5) is 31.6. The van der Waals surface area contributed by atoms with E-state index in [1.807, 2.05) is 0 Å². The van der Waals surface area contributed by atoms with Crippen LogP contribution in [-0.4, -0.2) is 22.6 Å². The minimum Gasteiger partial charge on any atom is -0.504 e. The Balaban J connectivity index is 2.46. The second-order valence-electron chi connectivity index (χ2n) is 4.05. The van der Waals surface area contributed by atoms with Gasteiger partial charge in [0, 0.05) is 17.2 Å². The molecule has 2 rings (SSSR count). The number of phenolic OH excluding ortho intramolecular Hbond substituents is 1. The van der Waals surface area contributed by atoms with Gasteiger partial charge in [-0.2, -0.15) is 0 Å². The molecule has 0 amide bonds. The van der Waals surface area contributed by atoms with E-state index in [9.17, 15) is 24.8 Å². The fourth-order valence-electron chi connectivity index (χ4n) is 1.64. The summed E-state index contributed by atoms with van der Waals surface area (Å²) in [5.41, 5.74) is -0.0506. The number of nitro benzene ring substituents is 1. The zero-order valence-corrected chi connectivity index (χ0v) is 10.6. The monoisotopic (exact) mass is 287 g/mol. The first-order valence-electron chi connectivity index (χ1n) is 5.75. The van der Waals surface area contributed by atoms with Crippen molar-refractivity contribution in [2.75, 3.05) is 0 Å². The standard InChI is InChI=1S/C14H9NO6/c16-7-9-2-4-13(11(5-9)15(19)20)21-14-6-10(8-17)1-3-12(14)18/h1-8,18H. The summed E-state index contributed by atoms with van der Waals surface area (Å²) >= 11 is 0. The summed E-state index contributed by atoms with van der Waals surface area (Å²) in [6, 6.07) is 7.51. The predicted octanol–water partition coefficient (Wildman–Crippen LogP) is 2.72. The van der Waals surface area contributed by atoms with Gasteiger partial charge in [-0.15, -0.1) is 0 Å². The minimum absolute atomic E-state index is 0.0958. The maximum Gasteiger partial charge on any atom is 0.312 e. The molecular formula is C14H9NO6. The Morgan fingerprint density at radius 1 is 1.00 bits per heavy atom. The van der Waals surface area contributed by atoms with Crippen molar-refractivity contribution in [1.82, 2.24) is 0 Å². The topological polar surface area (TPSA) is 107 Å². The van der Waals surface area contributed by atoms with E-state index in [1.165, 1.54) is 30.3 Å². The SMILES string of the molecule is O=Cc1ccc(O)c(Oc2ccc(C=O)cc2[N+](=O)[O-])c1. The van der Waals surface area contributed by atoms with Crippen LogP contribution in [0.2, 0.25) is 0 Å². The van der Waals surface area contributed by atoms with Crippen LogP contribution in [0.15, 0.2) is 36.4 Å². The Morgan fingerprint density at radius 2 is 1.62 bits per heavy atom. The third-order valence-electron chi connectivity index (χ3n) is 2.66. The van der Waals surface area contributed by atoms with Gasteiger partial charge in [0.25, 0.3) is 0 Å². The molecule has 21 heavy (non-hydrogen) atoms. The molecule has 0 aliphatic heterocycles. The van der Waals surface area contributed by atoms with Crippen LogP contribution in [0.1, 0.15) is 20.7 Å². The maximum atomic E-state index is 11.0. The number of carbonyl (C=O) groups excluding carboxylic acids is 2. The fourth-order valence-corrected chi connectivity index (χ4v) is 1.64. The van der Waals surface area contributed by atoms with E-state index >= 15 is 0 Å². The van der Waals surface area contributed by atoms with Crippen LogP contribution in [0.3, 0.4) is 0 Å². The van der Waals surface area contributed by atoms with Gasteiger partial charge in [-0.05, 0) is 30.3 Å². The van der Waals surface area contributed by atoms with Gasteiger partial charge < -0.3 is 9.84 Å². The summed E-state index contributed by atoms with van der Waals surface area (Å²) in [5.74, 6) is -0.514. The first-order valence-corrected chi connectivity index (χ1v) is 5.75. The van der Waals surface area contributed by atoms with Gasteiger partial charge in [-0.1, -0.05) is 0 Å². The van der Waals surface area contributed by atoms with E-state index in [2.05, 4.69) is 0 Å². The Labute approximate surface area is 118 Å². The van der Waals surface area contributed by atoms with Crippen molar-refractivity contribution in [3.63, 3.8) is 0 Å². The molecule has 0 atom stereocenters. The second kappa shape index (κ2) is 5.83. The Morgan fingerprint density at radius 3 is 2.24 bits per heavy atom. The fraction of sp³-hybridized carbons (Fsp3) is 0. The molecule has 0 bridgehead atoms. The number of hydrogen-bond donors (Lipinski definition) is 1. The van der Waals surface area contributed by atoms with Gasteiger partial charge in [0.15, 0.2) is 11.5 Å². The molecular weight excluding hydrogens is 278 g/mol. The average molecular weight is 287 g/mol. The van der Waals surface area contributed by atoms with Crippen molar-refractivity contribution in [3.05, 3.63) is 57.6 Å². The van der Waals surface area contributed by atoms with Crippen molar-refractivity contribution in [2.45, 2.75) is 0 Å². The number of nitrogens with zero attached hydrogens (tertiary/aromatic N) is 1. The number of aldehydes is 2. The molecule has 2 aromatic rings. The number of carbonyl (C=O) groups is 2. The number of phenols is 1. The lowest BCUT2D eigenvalue weighted by Gasteiger charge is -2.08. The quantitative estimate of drug-likeness (QED) is 0.514. The van der Waals surface area contributed by atoms with Gasteiger partial charge in [0.1, 0.15) is 12.6 Å². The van der Waals surface area contributed by atoms with E-state index < -0.39 is 10.6 Å². The summed E-state index contributed by atoms with van der Waals surface area (Å²) in [5, 5.41) is 20.6. The molecule has 0 radical (unpaired) electrons. The lowest BCUT2D eigenvalue weighted by atomic mass is 10.2. The highest BCUT2D eigenvalue weighted by molar-refractivity contribution is 5.78. The van der Waals surface area contributed by atoms with E-state index in [1.54, 1.807) is 0 Å². The van der Waals surface area contributed by atoms with E-state index in [0.717, 1.165) is 6.07 Å². The Hall–Kier alpha value is -3.22. The first kappa shape index (κ1) is 14.2. The maximum absolute atomic E-state index is 11.0. The molecule has 1 N–H and O–H groups in total. The third kappa shape index (κ3) is 3.03. The molecule has 7 heteroatoms. The first-order chi connectivity index (χ1) is 10.0. The summed E-state index contributed by atoms with van der Waals surface area (Å²) in [6.07, 6.45) is 1.03. The number of aromatic hydroxyl groups is 1. The van der Waals surface area contributed by atoms with Crippen molar-refractivity contribution >= 4 is 18.3 Å². The lowest BCUT2D eigenvalue weighted by molar-refractivity contribution is -0.385. The van der Waals surface area contributed by atoms with Crippen LogP contribution in [0.25, 0.3) is 0 Å². The molecule has 106 valence electrons. The van der Waals surface area contributed by atoms with Crippen molar-refractivity contribution in [1.29, 1.82) is 0 Å². The molecule has 0 fully saturated rings. The third-order valence-corrected chi connectivity index (χ3v) is 2.66. The Bertz CT molecular complexity index is 725. The molecule has 0 aliphatic carbocycles. The van der Waals surface area contributed by atoms with Crippen molar-refractivity contribution in [3.8, 4) is 17.2 Å². The van der Waals surface area contributed by atoms with E-state index in [-0.39, 0.29) is 28.4 Å². The number of ether oxygens (including phenoxy) is 1. The molecule has 2 aromatic carbocycles. The van der Waals surface area contributed by atoms with Gasteiger partial charge in [-0.3, -0.25) is 19.7 Å². The number of benzene rings is 2. The number of rotatable bonds is 5. The predicted molar refractivity (Wildman–Crippen MR) is 72.1 cm³/mol. The van der Waals surface area contributed by atoms with Gasteiger partial charge >= 0.3 is 5.69 Å². The zero-order valence-electron chi connectivity index (χ0n) is 10.6. The van der Waals surface area contributed by atoms with E-state index in [0.29, 0.717) is 12.6 Å². The second-order valence-corrected chi connectivity index (χ2v) is 4.05. The zero-order chi connectivity index (χ0) is 15.4. The molecule has 0 saturated heterocycles. The Kier molecular flexibility index (Phi) is 3.94. The summed E-state index contributed by atoms with van der Waals surface area (Å²) in [6.45, 7) is 0. The van der Waals surface area contributed by atoms with Gasteiger partial charge in [0.05, 0.1) is 4.92 Å². The van der Waals surface area contributed by atoms with Crippen LogP contribution in [0.4, 0.5) is 5.69 Å². The van der Waals surface area contributed by atoms with Crippen molar-refractivity contribution in [2.24, 2.45) is 0 Å². The normalized spacial score (nSPS) is 9.90. The van der Waals surface area contributed by atoms with Gasteiger partial charge in [0.2, 0.25) is 5.75 Å². The minimum atomic E-state index is -0.705. The van der Waals surface area contributed by atoms with Crippen LogP contribution in [0, 0.1) is 10.1 Å². The highest BCUT2D eigenvalue weighted by Crippen LogP contribution is 2.36. The molecule has 7 nitrogen and oxygen atoms in total. The van der Waals surface area contributed by atoms with Crippen LogP contribution >= 0.6 is 0 Å². The smallest absolute Gasteiger partial charge is 0.312 e. The summed E-state index contributed by atoms with van der Waals surface area (Å²) in [7, 11) is 0. The number of nitro groups is 1. The lowest BCUT2D eigenvalue weighted by Crippen LogP contribution is -1.95. The number of hydrogen-bond acceptors (Lipinski definition) is 6. The van der Waals surface area contributed by atoms with Crippen molar-refractivity contribution < 1.29 is 24.4 Å². The molecule has 0 aromatic heterocycles. The van der Waals surface area contributed by atoms with E-state index in [4.69, 9.17) is 4.74 Å². The van der Waals surface area contributed by atoms with Crippen LogP contribution in [0.5, 0.6) is 17.2 Å².